The molecule has 0 spiro atoms. The molecular weight excluding hydrogens is 320 g/mol. The molecule has 6 heteroatoms. The summed E-state index contributed by atoms with van der Waals surface area (Å²) >= 11 is 0. The van der Waals surface area contributed by atoms with Crippen molar-refractivity contribution in [2.24, 2.45) is 0 Å². The van der Waals surface area contributed by atoms with Crippen LogP contribution >= 0.6 is 0 Å². The van der Waals surface area contributed by atoms with Crippen LogP contribution in [0.25, 0.3) is 11.1 Å². The fourth-order valence-electron chi connectivity index (χ4n) is 2.45. The fraction of sp³-hybridized carbons (Fsp3) is 0.211. The first-order valence-corrected chi connectivity index (χ1v) is 7.71. The quantitative estimate of drug-likeness (QED) is 0.664. The Morgan fingerprint density at radius 2 is 1.52 bits per heavy atom. The van der Waals surface area contributed by atoms with Crippen LogP contribution in [0.3, 0.4) is 0 Å². The van der Waals surface area contributed by atoms with Gasteiger partial charge in [-0.15, -0.1) is 0 Å². The van der Waals surface area contributed by atoms with E-state index in [1.807, 2.05) is 42.5 Å². The largest absolute Gasteiger partial charge is 0.467 e. The second-order valence-electron chi connectivity index (χ2n) is 5.40. The van der Waals surface area contributed by atoms with Crippen molar-refractivity contribution in [1.82, 2.24) is 10.2 Å². The normalized spacial score (nSPS) is 11.3. The van der Waals surface area contributed by atoms with E-state index in [4.69, 9.17) is 0 Å². The Morgan fingerprint density at radius 1 is 0.960 bits per heavy atom. The van der Waals surface area contributed by atoms with Gasteiger partial charge in [0.05, 0.1) is 7.11 Å². The SMILES string of the molecule is CNC(=O)C(C(=O)OC)N(C)C(=O)c1ccc(-c2ccccc2)cc1. The number of likely N-dealkylation sites (N-methyl/N-ethyl adjacent to an activating group) is 2. The lowest BCUT2D eigenvalue weighted by Crippen LogP contribution is -2.51. The molecule has 2 amide bonds. The minimum Gasteiger partial charge on any atom is -0.467 e. The second kappa shape index (κ2) is 8.10. The van der Waals surface area contributed by atoms with Gasteiger partial charge >= 0.3 is 5.97 Å². The van der Waals surface area contributed by atoms with E-state index in [0.717, 1.165) is 16.0 Å². The van der Waals surface area contributed by atoms with Gasteiger partial charge in [-0.1, -0.05) is 42.5 Å². The zero-order valence-corrected chi connectivity index (χ0v) is 14.4. The Labute approximate surface area is 146 Å². The Morgan fingerprint density at radius 3 is 2.04 bits per heavy atom. The van der Waals surface area contributed by atoms with Crippen molar-refractivity contribution in [3.05, 3.63) is 60.2 Å². The maximum absolute atomic E-state index is 12.6. The summed E-state index contributed by atoms with van der Waals surface area (Å²) in [6.07, 6.45) is 0. The van der Waals surface area contributed by atoms with Gasteiger partial charge in [0.15, 0.2) is 0 Å². The number of hydrogen-bond donors (Lipinski definition) is 1. The number of methoxy groups -OCH3 is 1. The van der Waals surface area contributed by atoms with Crippen LogP contribution in [-0.2, 0) is 14.3 Å². The predicted octanol–water partition coefficient (Wildman–Crippen LogP) is 1.71. The van der Waals surface area contributed by atoms with Crippen LogP contribution in [0.5, 0.6) is 0 Å². The highest BCUT2D eigenvalue weighted by Crippen LogP contribution is 2.20. The molecule has 1 N–H and O–H groups in total. The smallest absolute Gasteiger partial charge is 0.338 e. The van der Waals surface area contributed by atoms with Crippen LogP contribution in [0, 0.1) is 0 Å². The summed E-state index contributed by atoms with van der Waals surface area (Å²) in [5.41, 5.74) is 2.38. The summed E-state index contributed by atoms with van der Waals surface area (Å²) in [6.45, 7) is 0. The predicted molar refractivity (Wildman–Crippen MR) is 93.8 cm³/mol. The molecule has 0 aliphatic rings. The first-order valence-electron chi connectivity index (χ1n) is 7.71. The van der Waals surface area contributed by atoms with E-state index in [2.05, 4.69) is 10.1 Å². The highest BCUT2D eigenvalue weighted by Gasteiger charge is 2.34. The van der Waals surface area contributed by atoms with Crippen LogP contribution in [0.2, 0.25) is 0 Å². The molecule has 0 saturated carbocycles. The van der Waals surface area contributed by atoms with Crippen molar-refractivity contribution in [3.8, 4) is 11.1 Å². The minimum absolute atomic E-state index is 0.375. The number of esters is 1. The molecule has 0 aromatic heterocycles. The fourth-order valence-corrected chi connectivity index (χ4v) is 2.45. The van der Waals surface area contributed by atoms with Gasteiger partial charge in [-0.05, 0) is 23.3 Å². The third-order valence-corrected chi connectivity index (χ3v) is 3.87. The van der Waals surface area contributed by atoms with Gasteiger partial charge in [0.25, 0.3) is 11.8 Å². The van der Waals surface area contributed by atoms with Crippen molar-refractivity contribution < 1.29 is 19.1 Å². The molecule has 0 aliphatic carbocycles. The Kier molecular flexibility index (Phi) is 5.89. The number of carbonyl (C=O) groups is 3. The van der Waals surface area contributed by atoms with Crippen LogP contribution in [0.1, 0.15) is 10.4 Å². The van der Waals surface area contributed by atoms with E-state index in [1.165, 1.54) is 21.2 Å². The number of nitrogens with zero attached hydrogens (tertiary/aromatic N) is 1. The van der Waals surface area contributed by atoms with Crippen molar-refractivity contribution in [1.29, 1.82) is 0 Å². The van der Waals surface area contributed by atoms with Crippen LogP contribution in [0.15, 0.2) is 54.6 Å². The molecule has 6 nitrogen and oxygen atoms in total. The number of amides is 2. The van der Waals surface area contributed by atoms with Crippen molar-refractivity contribution in [3.63, 3.8) is 0 Å². The Bertz CT molecular complexity index is 741. The summed E-state index contributed by atoms with van der Waals surface area (Å²) < 4.78 is 4.63. The summed E-state index contributed by atoms with van der Waals surface area (Å²) in [6, 6.07) is 15.4. The van der Waals surface area contributed by atoms with Crippen molar-refractivity contribution in [2.75, 3.05) is 21.2 Å². The number of carbonyl (C=O) groups excluding carboxylic acids is 3. The molecule has 2 aromatic carbocycles. The summed E-state index contributed by atoms with van der Waals surface area (Å²) in [5, 5.41) is 2.36. The van der Waals surface area contributed by atoms with E-state index >= 15 is 0 Å². The number of rotatable bonds is 5. The van der Waals surface area contributed by atoms with Gasteiger partial charge in [-0.2, -0.15) is 0 Å². The van der Waals surface area contributed by atoms with Gasteiger partial charge in [0.1, 0.15) is 0 Å². The van der Waals surface area contributed by atoms with Gasteiger partial charge in [-0.25, -0.2) is 4.79 Å². The number of nitrogens with one attached hydrogen (secondary N) is 1. The van der Waals surface area contributed by atoms with Gasteiger partial charge < -0.3 is 15.0 Å². The molecule has 0 fully saturated rings. The number of ether oxygens (including phenoxy) is 1. The third kappa shape index (κ3) is 4.03. The molecule has 1 atom stereocenters. The van der Waals surface area contributed by atoms with Gasteiger partial charge in [0.2, 0.25) is 6.04 Å². The topological polar surface area (TPSA) is 75.7 Å². The highest BCUT2D eigenvalue weighted by atomic mass is 16.5. The van der Waals surface area contributed by atoms with E-state index in [9.17, 15) is 14.4 Å². The van der Waals surface area contributed by atoms with E-state index < -0.39 is 23.8 Å². The van der Waals surface area contributed by atoms with Gasteiger partial charge in [-0.3, -0.25) is 9.59 Å². The molecular formula is C19H20N2O4. The average molecular weight is 340 g/mol. The lowest BCUT2D eigenvalue weighted by Gasteiger charge is -2.24. The molecule has 0 bridgehead atoms. The Hall–Kier alpha value is -3.15. The van der Waals surface area contributed by atoms with Crippen LogP contribution in [0.4, 0.5) is 0 Å². The summed E-state index contributed by atoms with van der Waals surface area (Å²) in [7, 11) is 3.96. The summed E-state index contributed by atoms with van der Waals surface area (Å²) in [4.78, 5) is 37.5. The van der Waals surface area contributed by atoms with Crippen molar-refractivity contribution >= 4 is 17.8 Å². The molecule has 0 radical (unpaired) electrons. The minimum atomic E-state index is -1.34. The van der Waals surface area contributed by atoms with Crippen LogP contribution in [-0.4, -0.2) is 49.9 Å². The molecule has 2 aromatic rings. The average Bonchev–Trinajstić information content (AvgIpc) is 2.67. The maximum Gasteiger partial charge on any atom is 0.338 e. The second-order valence-corrected chi connectivity index (χ2v) is 5.40. The van der Waals surface area contributed by atoms with E-state index in [1.54, 1.807) is 12.1 Å². The molecule has 0 heterocycles. The zero-order valence-electron chi connectivity index (χ0n) is 14.4. The van der Waals surface area contributed by atoms with E-state index in [-0.39, 0.29) is 0 Å². The Balaban J connectivity index is 2.24. The number of hydrogen-bond acceptors (Lipinski definition) is 4. The van der Waals surface area contributed by atoms with Crippen LogP contribution < -0.4 is 5.32 Å². The first kappa shape index (κ1) is 18.2. The van der Waals surface area contributed by atoms with E-state index in [0.29, 0.717) is 5.56 Å². The standard InChI is InChI=1S/C19H20N2O4/c1-20-17(22)16(19(24)25-3)21(2)18(23)15-11-9-14(10-12-15)13-7-5-4-6-8-13/h4-12,16H,1-3H3,(H,20,22). The molecule has 0 aliphatic heterocycles. The highest BCUT2D eigenvalue weighted by molar-refractivity contribution is 6.07. The third-order valence-electron chi connectivity index (χ3n) is 3.87. The van der Waals surface area contributed by atoms with Gasteiger partial charge in [0, 0.05) is 19.7 Å². The zero-order chi connectivity index (χ0) is 18.4. The summed E-state index contributed by atoms with van der Waals surface area (Å²) in [5.74, 6) is -1.85. The monoisotopic (exact) mass is 340 g/mol. The number of benzene rings is 2. The molecule has 1 unspecified atom stereocenters. The molecule has 130 valence electrons. The lowest BCUT2D eigenvalue weighted by molar-refractivity contribution is -0.150. The lowest BCUT2D eigenvalue weighted by atomic mass is 10.0. The molecule has 0 saturated heterocycles. The molecule has 25 heavy (non-hydrogen) atoms. The first-order chi connectivity index (χ1) is 12.0. The van der Waals surface area contributed by atoms with Crippen molar-refractivity contribution in [2.45, 2.75) is 6.04 Å². The maximum atomic E-state index is 12.6. The molecule has 2 rings (SSSR count).